The molecule has 3 unspecified atom stereocenters. The van der Waals surface area contributed by atoms with Crippen LogP contribution < -0.4 is 0 Å². The summed E-state index contributed by atoms with van der Waals surface area (Å²) >= 11 is 0. The number of ether oxygens (including phenoxy) is 3. The van der Waals surface area contributed by atoms with Crippen molar-refractivity contribution in [3.63, 3.8) is 0 Å². The maximum atomic E-state index is 11.5. The molecule has 3 atom stereocenters. The van der Waals surface area contributed by atoms with Crippen molar-refractivity contribution in [2.75, 3.05) is 26.4 Å². The van der Waals surface area contributed by atoms with Gasteiger partial charge in [0.1, 0.15) is 0 Å². The largest absolute Gasteiger partial charge is 0.498 e. The second-order valence-corrected chi connectivity index (χ2v) is 7.38. The van der Waals surface area contributed by atoms with E-state index in [1.54, 1.807) is 13.0 Å². The predicted molar refractivity (Wildman–Crippen MR) is 113 cm³/mol. The van der Waals surface area contributed by atoms with Gasteiger partial charge in [0.25, 0.3) is 0 Å². The van der Waals surface area contributed by atoms with Gasteiger partial charge in [0.05, 0.1) is 19.0 Å². The van der Waals surface area contributed by atoms with E-state index in [0.717, 1.165) is 50.7 Å². The summed E-state index contributed by atoms with van der Waals surface area (Å²) in [5.41, 5.74) is 0. The SMILES string of the molecule is CCOC(=O)CCCOC1=CCCC(CCCCCCO)C1/C=C/C(O)OCC. The smallest absolute Gasteiger partial charge is 0.305 e. The topological polar surface area (TPSA) is 85.2 Å². The molecule has 6 nitrogen and oxygen atoms in total. The maximum absolute atomic E-state index is 11.5. The van der Waals surface area contributed by atoms with Crippen LogP contribution in [0.2, 0.25) is 0 Å². The monoisotopic (exact) mass is 412 g/mol. The molecule has 0 amide bonds. The lowest BCUT2D eigenvalue weighted by molar-refractivity contribution is -0.143. The van der Waals surface area contributed by atoms with Gasteiger partial charge in [-0.3, -0.25) is 4.79 Å². The van der Waals surface area contributed by atoms with Crippen molar-refractivity contribution in [3.05, 3.63) is 24.0 Å². The Hall–Kier alpha value is -1.37. The highest BCUT2D eigenvalue weighted by atomic mass is 16.6. The molecular weight excluding hydrogens is 372 g/mol. The van der Waals surface area contributed by atoms with Crippen LogP contribution in [0, 0.1) is 11.8 Å². The van der Waals surface area contributed by atoms with E-state index in [0.29, 0.717) is 38.6 Å². The number of carbonyl (C=O) groups excluding carboxylic acids is 1. The summed E-state index contributed by atoms with van der Waals surface area (Å²) in [5, 5.41) is 18.8. The van der Waals surface area contributed by atoms with Crippen molar-refractivity contribution >= 4 is 5.97 Å². The molecule has 1 aliphatic rings. The number of rotatable bonds is 16. The Morgan fingerprint density at radius 2 is 2.00 bits per heavy atom. The lowest BCUT2D eigenvalue weighted by Gasteiger charge is -2.31. The Labute approximate surface area is 175 Å². The zero-order chi connectivity index (χ0) is 21.3. The fourth-order valence-corrected chi connectivity index (χ4v) is 3.67. The molecule has 0 saturated carbocycles. The number of hydrogen-bond donors (Lipinski definition) is 2. The third kappa shape index (κ3) is 11.4. The average Bonchev–Trinajstić information content (AvgIpc) is 2.70. The van der Waals surface area contributed by atoms with E-state index in [9.17, 15) is 9.90 Å². The van der Waals surface area contributed by atoms with Gasteiger partial charge in [0, 0.05) is 25.6 Å². The number of aliphatic hydroxyl groups excluding tert-OH is 2. The molecular formula is C23H40O6. The Balaban J connectivity index is 2.61. The summed E-state index contributed by atoms with van der Waals surface area (Å²) in [4.78, 5) is 11.5. The van der Waals surface area contributed by atoms with Crippen LogP contribution in [-0.4, -0.2) is 48.9 Å². The van der Waals surface area contributed by atoms with Crippen molar-refractivity contribution in [3.8, 4) is 0 Å². The second-order valence-electron chi connectivity index (χ2n) is 7.38. The third-order valence-corrected chi connectivity index (χ3v) is 5.12. The van der Waals surface area contributed by atoms with Crippen LogP contribution >= 0.6 is 0 Å². The lowest BCUT2D eigenvalue weighted by Crippen LogP contribution is -2.22. The Morgan fingerprint density at radius 1 is 1.21 bits per heavy atom. The predicted octanol–water partition coefficient (Wildman–Crippen LogP) is 4.11. The summed E-state index contributed by atoms with van der Waals surface area (Å²) in [6.45, 7) is 5.25. The van der Waals surface area contributed by atoms with E-state index >= 15 is 0 Å². The minimum absolute atomic E-state index is 0.110. The van der Waals surface area contributed by atoms with Gasteiger partial charge in [-0.15, -0.1) is 0 Å². The van der Waals surface area contributed by atoms with Gasteiger partial charge < -0.3 is 24.4 Å². The summed E-state index contributed by atoms with van der Waals surface area (Å²) < 4.78 is 16.2. The quantitative estimate of drug-likeness (QED) is 0.172. The van der Waals surface area contributed by atoms with Crippen molar-refractivity contribution in [1.29, 1.82) is 0 Å². The van der Waals surface area contributed by atoms with E-state index < -0.39 is 6.29 Å². The lowest BCUT2D eigenvalue weighted by atomic mass is 9.79. The molecule has 1 rings (SSSR count). The Morgan fingerprint density at radius 3 is 2.72 bits per heavy atom. The number of hydrogen-bond acceptors (Lipinski definition) is 6. The van der Waals surface area contributed by atoms with Gasteiger partial charge in [0.15, 0.2) is 6.29 Å². The Kier molecular flexibility index (Phi) is 14.5. The van der Waals surface area contributed by atoms with E-state index in [1.807, 2.05) is 13.0 Å². The van der Waals surface area contributed by atoms with Gasteiger partial charge in [0.2, 0.25) is 0 Å². The first-order valence-corrected chi connectivity index (χ1v) is 11.2. The van der Waals surface area contributed by atoms with Gasteiger partial charge in [-0.05, 0) is 64.0 Å². The Bertz CT molecular complexity index is 488. The summed E-state index contributed by atoms with van der Waals surface area (Å²) in [5.74, 6) is 1.31. The number of unbranched alkanes of at least 4 members (excludes halogenated alkanes) is 3. The molecule has 0 aromatic heterocycles. The van der Waals surface area contributed by atoms with E-state index in [-0.39, 0.29) is 18.5 Å². The molecule has 6 heteroatoms. The van der Waals surface area contributed by atoms with Crippen LogP contribution in [-0.2, 0) is 19.0 Å². The number of carbonyl (C=O) groups is 1. The van der Waals surface area contributed by atoms with Crippen molar-refractivity contribution < 1.29 is 29.2 Å². The van der Waals surface area contributed by atoms with Crippen LogP contribution in [0.15, 0.2) is 24.0 Å². The highest BCUT2D eigenvalue weighted by Gasteiger charge is 2.27. The summed E-state index contributed by atoms with van der Waals surface area (Å²) in [7, 11) is 0. The van der Waals surface area contributed by atoms with Crippen LogP contribution in [0.1, 0.15) is 71.6 Å². The molecule has 0 fully saturated rings. The molecule has 0 bridgehead atoms. The fourth-order valence-electron chi connectivity index (χ4n) is 3.67. The highest BCUT2D eigenvalue weighted by Crippen LogP contribution is 2.36. The first kappa shape index (κ1) is 25.7. The molecule has 29 heavy (non-hydrogen) atoms. The molecule has 0 radical (unpaired) electrons. The van der Waals surface area contributed by atoms with Crippen molar-refractivity contribution in [2.24, 2.45) is 11.8 Å². The highest BCUT2D eigenvalue weighted by molar-refractivity contribution is 5.69. The standard InChI is InChI=1S/C23H40O6/c1-3-27-22(25)14-10-18-29-21-13-9-12-19(11-7-5-6-8-17-24)20(21)15-16-23(26)28-4-2/h13,15-16,19-20,23-24,26H,3-12,14,17-18H2,1-2H3/b16-15+. The molecule has 0 spiro atoms. The van der Waals surface area contributed by atoms with Crippen LogP contribution in [0.3, 0.4) is 0 Å². The van der Waals surface area contributed by atoms with E-state index in [4.69, 9.17) is 19.3 Å². The molecule has 168 valence electrons. The summed E-state index contributed by atoms with van der Waals surface area (Å²) in [6.07, 6.45) is 13.3. The normalized spacial score (nSPS) is 20.5. The van der Waals surface area contributed by atoms with Gasteiger partial charge in [-0.1, -0.05) is 25.3 Å². The number of allylic oxidation sites excluding steroid dienone is 2. The molecule has 0 aromatic carbocycles. The first-order valence-electron chi connectivity index (χ1n) is 11.2. The van der Waals surface area contributed by atoms with E-state index in [2.05, 4.69) is 6.08 Å². The molecule has 0 saturated heterocycles. The zero-order valence-electron chi connectivity index (χ0n) is 18.2. The van der Waals surface area contributed by atoms with E-state index in [1.165, 1.54) is 0 Å². The third-order valence-electron chi connectivity index (χ3n) is 5.12. The van der Waals surface area contributed by atoms with Crippen LogP contribution in [0.25, 0.3) is 0 Å². The van der Waals surface area contributed by atoms with Crippen molar-refractivity contribution in [1.82, 2.24) is 0 Å². The number of aliphatic hydroxyl groups is 2. The fraction of sp³-hybridized carbons (Fsp3) is 0.783. The van der Waals surface area contributed by atoms with Gasteiger partial charge in [-0.25, -0.2) is 0 Å². The first-order chi connectivity index (χ1) is 14.1. The molecule has 1 aliphatic carbocycles. The minimum Gasteiger partial charge on any atom is -0.498 e. The minimum atomic E-state index is -0.905. The molecule has 0 aromatic rings. The maximum Gasteiger partial charge on any atom is 0.305 e. The number of esters is 1. The van der Waals surface area contributed by atoms with Crippen LogP contribution in [0.5, 0.6) is 0 Å². The average molecular weight is 413 g/mol. The van der Waals surface area contributed by atoms with Crippen LogP contribution in [0.4, 0.5) is 0 Å². The molecule has 0 aliphatic heterocycles. The summed E-state index contributed by atoms with van der Waals surface area (Å²) in [6, 6.07) is 0. The second kappa shape index (κ2) is 16.4. The van der Waals surface area contributed by atoms with Gasteiger partial charge >= 0.3 is 5.97 Å². The molecule has 0 heterocycles. The van der Waals surface area contributed by atoms with Crippen molar-refractivity contribution in [2.45, 2.75) is 77.9 Å². The van der Waals surface area contributed by atoms with Gasteiger partial charge in [-0.2, -0.15) is 0 Å². The molecule has 2 N–H and O–H groups in total. The zero-order valence-corrected chi connectivity index (χ0v) is 18.2.